The van der Waals surface area contributed by atoms with Crippen LogP contribution < -0.4 is 0 Å². The fourth-order valence-corrected chi connectivity index (χ4v) is 2.53. The first-order valence-electron chi connectivity index (χ1n) is 4.77. The van der Waals surface area contributed by atoms with Gasteiger partial charge in [-0.1, -0.05) is 27.7 Å². The highest BCUT2D eigenvalue weighted by Crippen LogP contribution is 2.37. The number of nitro groups is 1. The Morgan fingerprint density at radius 1 is 1.53 bits per heavy atom. The average molecular weight is 345 g/mol. The van der Waals surface area contributed by atoms with Crippen molar-refractivity contribution in [2.24, 2.45) is 0 Å². The van der Waals surface area contributed by atoms with Crippen LogP contribution >= 0.6 is 27.7 Å². The van der Waals surface area contributed by atoms with E-state index in [4.69, 9.17) is 9.52 Å². The van der Waals surface area contributed by atoms with Crippen LogP contribution in [0.3, 0.4) is 0 Å². The third-order valence-corrected chi connectivity index (χ3v) is 3.60. The molecule has 19 heavy (non-hydrogen) atoms. The number of hydrogen-bond acceptors (Lipinski definition) is 6. The van der Waals surface area contributed by atoms with E-state index in [1.165, 1.54) is 12.1 Å². The van der Waals surface area contributed by atoms with Crippen LogP contribution in [0.4, 0.5) is 5.69 Å². The van der Waals surface area contributed by atoms with Crippen molar-refractivity contribution >= 4 is 39.3 Å². The minimum absolute atomic E-state index is 0.0675. The topological polar surface area (TPSA) is 106 Å². The van der Waals surface area contributed by atoms with Crippen LogP contribution in [-0.4, -0.2) is 21.0 Å². The molecule has 0 bridgehead atoms. The number of nitrogens with zero attached hydrogens (tertiary/aromatic N) is 2. The Labute approximate surface area is 118 Å². The van der Waals surface area contributed by atoms with Gasteiger partial charge in [0.05, 0.1) is 9.82 Å². The minimum atomic E-state index is -1.28. The number of aromatic carboxylic acids is 1. The normalized spacial score (nSPS) is 10.4. The Bertz CT molecular complexity index is 657. The molecule has 0 radical (unpaired) electrons. The highest BCUT2D eigenvalue weighted by Gasteiger charge is 2.21. The van der Waals surface area contributed by atoms with E-state index in [1.807, 2.05) is 0 Å². The molecule has 0 amide bonds. The first-order valence-corrected chi connectivity index (χ1v) is 6.38. The molecule has 2 rings (SSSR count). The van der Waals surface area contributed by atoms with Crippen molar-refractivity contribution in [3.8, 4) is 0 Å². The molecule has 1 aromatic heterocycles. The second kappa shape index (κ2) is 5.41. The second-order valence-electron chi connectivity index (χ2n) is 3.26. The van der Waals surface area contributed by atoms with Crippen molar-refractivity contribution in [3.05, 3.63) is 44.9 Å². The van der Waals surface area contributed by atoms with E-state index < -0.39 is 10.9 Å². The molecule has 0 aliphatic rings. The van der Waals surface area contributed by atoms with Gasteiger partial charge in [-0.05, 0) is 12.1 Å². The SMILES string of the molecule is O=C(O)c1ocnc1Sc1ccc(Br)cc1[N+](=O)[O-]. The smallest absolute Gasteiger partial charge is 0.374 e. The Balaban J connectivity index is 2.41. The molecular formula is C10H5BrN2O5S. The summed E-state index contributed by atoms with van der Waals surface area (Å²) in [7, 11) is 0. The van der Waals surface area contributed by atoms with Crippen LogP contribution in [-0.2, 0) is 0 Å². The number of rotatable bonds is 4. The van der Waals surface area contributed by atoms with Gasteiger partial charge in [0, 0.05) is 10.5 Å². The van der Waals surface area contributed by atoms with E-state index in [1.54, 1.807) is 6.07 Å². The van der Waals surface area contributed by atoms with E-state index in [9.17, 15) is 14.9 Å². The molecule has 1 N–H and O–H groups in total. The molecular weight excluding hydrogens is 340 g/mol. The fraction of sp³-hybridized carbons (Fsp3) is 0. The van der Waals surface area contributed by atoms with Gasteiger partial charge in [0.15, 0.2) is 11.4 Å². The summed E-state index contributed by atoms with van der Waals surface area (Å²) in [5.41, 5.74) is -0.140. The summed E-state index contributed by atoms with van der Waals surface area (Å²) in [6, 6.07) is 4.46. The predicted molar refractivity (Wildman–Crippen MR) is 68.4 cm³/mol. The number of carbonyl (C=O) groups is 1. The quantitative estimate of drug-likeness (QED) is 0.670. The molecule has 0 saturated carbocycles. The van der Waals surface area contributed by atoms with Gasteiger partial charge >= 0.3 is 5.97 Å². The van der Waals surface area contributed by atoms with E-state index in [-0.39, 0.29) is 21.4 Å². The second-order valence-corrected chi connectivity index (χ2v) is 5.21. The predicted octanol–water partition coefficient (Wildman–Crippen LogP) is 3.19. The summed E-state index contributed by atoms with van der Waals surface area (Å²) in [5.74, 6) is -1.62. The van der Waals surface area contributed by atoms with Crippen LogP contribution in [0.2, 0.25) is 0 Å². The molecule has 0 saturated heterocycles. The molecule has 7 nitrogen and oxygen atoms in total. The number of benzene rings is 1. The Morgan fingerprint density at radius 2 is 2.26 bits per heavy atom. The number of aromatic nitrogens is 1. The lowest BCUT2D eigenvalue weighted by Crippen LogP contribution is -1.96. The van der Waals surface area contributed by atoms with Crippen molar-refractivity contribution in [2.75, 3.05) is 0 Å². The number of oxazole rings is 1. The van der Waals surface area contributed by atoms with Crippen LogP contribution in [0.15, 0.2) is 43.4 Å². The molecule has 1 heterocycles. The highest BCUT2D eigenvalue weighted by molar-refractivity contribution is 9.10. The molecule has 2 aromatic rings. The van der Waals surface area contributed by atoms with Crippen LogP contribution in [0, 0.1) is 10.1 Å². The molecule has 0 aliphatic heterocycles. The van der Waals surface area contributed by atoms with Gasteiger partial charge in [-0.2, -0.15) is 0 Å². The molecule has 0 fully saturated rings. The van der Waals surface area contributed by atoms with Crippen molar-refractivity contribution in [2.45, 2.75) is 9.92 Å². The number of carboxylic acids is 1. The standard InChI is InChI=1S/C10H5BrN2O5S/c11-5-1-2-7(6(3-5)13(16)17)19-9-8(10(14)15)18-4-12-9/h1-4H,(H,14,15). The van der Waals surface area contributed by atoms with Crippen molar-refractivity contribution in [3.63, 3.8) is 0 Å². The summed E-state index contributed by atoms with van der Waals surface area (Å²) in [5, 5.41) is 19.9. The minimum Gasteiger partial charge on any atom is -0.475 e. The molecule has 0 spiro atoms. The van der Waals surface area contributed by atoms with Crippen LogP contribution in [0.1, 0.15) is 10.6 Å². The zero-order chi connectivity index (χ0) is 14.0. The molecule has 98 valence electrons. The summed E-state index contributed by atoms with van der Waals surface area (Å²) >= 11 is 4.00. The molecule has 0 unspecified atom stereocenters. The lowest BCUT2D eigenvalue weighted by atomic mass is 10.3. The van der Waals surface area contributed by atoms with Gasteiger partial charge in [-0.15, -0.1) is 0 Å². The molecule has 0 atom stereocenters. The summed E-state index contributed by atoms with van der Waals surface area (Å²) in [6.45, 7) is 0. The molecule has 9 heteroatoms. The number of halogens is 1. The maximum absolute atomic E-state index is 10.9. The Morgan fingerprint density at radius 3 is 2.89 bits per heavy atom. The number of nitro benzene ring substituents is 1. The van der Waals surface area contributed by atoms with Gasteiger partial charge in [-0.3, -0.25) is 10.1 Å². The summed E-state index contributed by atoms with van der Waals surface area (Å²) in [6.07, 6.45) is 0.983. The summed E-state index contributed by atoms with van der Waals surface area (Å²) in [4.78, 5) is 25.3. The lowest BCUT2D eigenvalue weighted by Gasteiger charge is -2.01. The van der Waals surface area contributed by atoms with Crippen molar-refractivity contribution in [1.82, 2.24) is 4.98 Å². The van der Waals surface area contributed by atoms with Gasteiger partial charge in [0.1, 0.15) is 0 Å². The molecule has 1 aromatic carbocycles. The van der Waals surface area contributed by atoms with E-state index in [0.29, 0.717) is 4.47 Å². The van der Waals surface area contributed by atoms with Gasteiger partial charge in [0.2, 0.25) is 5.76 Å². The monoisotopic (exact) mass is 344 g/mol. The van der Waals surface area contributed by atoms with Crippen molar-refractivity contribution in [1.29, 1.82) is 0 Å². The molecule has 0 aliphatic carbocycles. The zero-order valence-electron chi connectivity index (χ0n) is 9.07. The first kappa shape index (κ1) is 13.6. The Hall–Kier alpha value is -1.87. The van der Waals surface area contributed by atoms with Crippen molar-refractivity contribution < 1.29 is 19.2 Å². The number of hydrogen-bond donors (Lipinski definition) is 1. The van der Waals surface area contributed by atoms with Gasteiger partial charge in [-0.25, -0.2) is 9.78 Å². The Kier molecular flexibility index (Phi) is 3.86. The first-order chi connectivity index (χ1) is 8.99. The maximum atomic E-state index is 10.9. The third-order valence-electron chi connectivity index (χ3n) is 2.05. The highest BCUT2D eigenvalue weighted by atomic mass is 79.9. The van der Waals surface area contributed by atoms with Gasteiger partial charge < -0.3 is 9.52 Å². The van der Waals surface area contributed by atoms with E-state index in [0.717, 1.165) is 18.2 Å². The van der Waals surface area contributed by atoms with Crippen LogP contribution in [0.5, 0.6) is 0 Å². The number of carboxylic acid groups (broad SMARTS) is 1. The van der Waals surface area contributed by atoms with Crippen LogP contribution in [0.25, 0.3) is 0 Å². The van der Waals surface area contributed by atoms with Gasteiger partial charge in [0.25, 0.3) is 5.69 Å². The summed E-state index contributed by atoms with van der Waals surface area (Å²) < 4.78 is 5.27. The maximum Gasteiger partial charge on any atom is 0.374 e. The van der Waals surface area contributed by atoms with E-state index in [2.05, 4.69) is 20.9 Å². The fourth-order valence-electron chi connectivity index (χ4n) is 1.27. The average Bonchev–Trinajstić information content (AvgIpc) is 2.79. The van der Waals surface area contributed by atoms with E-state index >= 15 is 0 Å². The third kappa shape index (κ3) is 2.93. The largest absolute Gasteiger partial charge is 0.475 e. The zero-order valence-corrected chi connectivity index (χ0v) is 11.5. The lowest BCUT2D eigenvalue weighted by molar-refractivity contribution is -0.387.